The largest absolute Gasteiger partial charge is 0.310 e. The fraction of sp³-hybridized carbons (Fsp3) is 0.0164. The molecule has 63 heavy (non-hydrogen) atoms. The summed E-state index contributed by atoms with van der Waals surface area (Å²) in [5.74, 6) is 0. The summed E-state index contributed by atoms with van der Waals surface area (Å²) in [7, 11) is 0. The highest BCUT2D eigenvalue weighted by molar-refractivity contribution is 6.23. The summed E-state index contributed by atoms with van der Waals surface area (Å²) in [6.45, 7) is 0. The van der Waals surface area contributed by atoms with E-state index in [9.17, 15) is 0 Å². The summed E-state index contributed by atoms with van der Waals surface area (Å²) in [6, 6.07) is 85.8. The highest BCUT2D eigenvalue weighted by Crippen LogP contribution is 2.63. The molecule has 12 aromatic rings. The second kappa shape index (κ2) is 12.9. The fourth-order valence-electron chi connectivity index (χ4n) is 11.5. The number of para-hydroxylation sites is 2. The predicted octanol–water partition coefficient (Wildman–Crippen LogP) is 16.0. The Morgan fingerprint density at radius 3 is 1.51 bits per heavy atom. The molecule has 0 saturated heterocycles. The van der Waals surface area contributed by atoms with E-state index in [0.29, 0.717) is 0 Å². The summed E-state index contributed by atoms with van der Waals surface area (Å²) in [4.78, 5) is 2.45. The van der Waals surface area contributed by atoms with Crippen LogP contribution >= 0.6 is 0 Å². The molecule has 0 aliphatic heterocycles. The molecule has 2 aliphatic carbocycles. The topological polar surface area (TPSA) is 7.65 Å². The van der Waals surface area contributed by atoms with E-state index in [0.717, 1.165) is 17.1 Å². The highest BCUT2D eigenvalue weighted by Gasteiger charge is 2.51. The van der Waals surface area contributed by atoms with Crippen molar-refractivity contribution in [1.82, 2.24) is 4.40 Å². The minimum Gasteiger partial charge on any atom is -0.310 e. The minimum atomic E-state index is -0.433. The molecule has 14 rings (SSSR count). The lowest BCUT2D eigenvalue weighted by Crippen LogP contribution is -2.26. The van der Waals surface area contributed by atoms with Gasteiger partial charge in [-0.15, -0.1) is 0 Å². The van der Waals surface area contributed by atoms with Gasteiger partial charge in [0.05, 0.1) is 22.0 Å². The molecule has 292 valence electrons. The zero-order chi connectivity index (χ0) is 41.2. The monoisotopic (exact) mass is 798 g/mol. The molecule has 0 N–H and O–H groups in total. The van der Waals surface area contributed by atoms with Crippen molar-refractivity contribution >= 4 is 55.2 Å². The lowest BCUT2D eigenvalue weighted by Gasteiger charge is -2.32. The molecule has 0 amide bonds. The summed E-state index contributed by atoms with van der Waals surface area (Å²) in [5.41, 5.74) is 22.1. The normalized spacial score (nSPS) is 13.2. The Bertz CT molecular complexity index is 3730. The van der Waals surface area contributed by atoms with Gasteiger partial charge in [0.25, 0.3) is 0 Å². The summed E-state index contributed by atoms with van der Waals surface area (Å²) < 4.78 is 2.45. The lowest BCUT2D eigenvalue weighted by atomic mass is 9.70. The Morgan fingerprint density at radius 1 is 0.286 bits per heavy atom. The van der Waals surface area contributed by atoms with Crippen LogP contribution in [0.5, 0.6) is 0 Å². The van der Waals surface area contributed by atoms with Crippen molar-refractivity contribution in [1.29, 1.82) is 0 Å². The zero-order valence-corrected chi connectivity index (χ0v) is 34.3. The molecule has 0 saturated carbocycles. The molecule has 0 atom stereocenters. The van der Waals surface area contributed by atoms with Crippen molar-refractivity contribution in [2.24, 2.45) is 0 Å². The van der Waals surface area contributed by atoms with Gasteiger partial charge in [0, 0.05) is 38.6 Å². The molecule has 1 spiro atoms. The number of nitrogens with zero attached hydrogens (tertiary/aromatic N) is 2. The van der Waals surface area contributed by atoms with Crippen LogP contribution in [0, 0.1) is 0 Å². The van der Waals surface area contributed by atoms with Crippen LogP contribution in [0.4, 0.5) is 17.1 Å². The maximum Gasteiger partial charge on any atom is 0.0726 e. The molecular weight excluding hydrogens is 761 g/mol. The van der Waals surface area contributed by atoms with Gasteiger partial charge in [0.1, 0.15) is 0 Å². The van der Waals surface area contributed by atoms with E-state index >= 15 is 0 Å². The van der Waals surface area contributed by atoms with Gasteiger partial charge in [-0.25, -0.2) is 0 Å². The summed E-state index contributed by atoms with van der Waals surface area (Å²) >= 11 is 0. The van der Waals surface area contributed by atoms with E-state index in [4.69, 9.17) is 0 Å². The first-order chi connectivity index (χ1) is 31.3. The first-order valence-electron chi connectivity index (χ1n) is 21.9. The maximum absolute atomic E-state index is 2.49. The molecule has 2 nitrogen and oxygen atoms in total. The van der Waals surface area contributed by atoms with Gasteiger partial charge in [-0.3, -0.25) is 0 Å². The van der Waals surface area contributed by atoms with Gasteiger partial charge in [-0.05, 0) is 121 Å². The lowest BCUT2D eigenvalue weighted by molar-refractivity contribution is 0.793. The Labute approximate surface area is 365 Å². The van der Waals surface area contributed by atoms with E-state index in [2.05, 4.69) is 240 Å². The fourth-order valence-corrected chi connectivity index (χ4v) is 11.5. The molecule has 0 unspecified atom stereocenters. The molecule has 10 aromatic carbocycles. The van der Waals surface area contributed by atoms with Crippen LogP contribution in [0.2, 0.25) is 0 Å². The van der Waals surface area contributed by atoms with Gasteiger partial charge in [-0.1, -0.05) is 176 Å². The maximum atomic E-state index is 2.49. The van der Waals surface area contributed by atoms with E-state index in [1.807, 2.05) is 0 Å². The van der Waals surface area contributed by atoms with Gasteiger partial charge in [0.15, 0.2) is 0 Å². The number of anilines is 3. The number of fused-ring (bicyclic) bond motifs is 16. The van der Waals surface area contributed by atoms with Crippen LogP contribution in [0.25, 0.3) is 82.6 Å². The smallest absolute Gasteiger partial charge is 0.0726 e. The third-order valence-corrected chi connectivity index (χ3v) is 14.1. The third kappa shape index (κ3) is 4.67. The van der Waals surface area contributed by atoms with Crippen molar-refractivity contribution in [2.45, 2.75) is 5.41 Å². The number of benzene rings is 10. The average molecular weight is 799 g/mol. The van der Waals surface area contributed by atoms with Crippen molar-refractivity contribution in [3.63, 3.8) is 0 Å². The van der Waals surface area contributed by atoms with E-state index in [1.165, 1.54) is 105 Å². The van der Waals surface area contributed by atoms with Crippen LogP contribution in [0.1, 0.15) is 22.3 Å². The van der Waals surface area contributed by atoms with Crippen molar-refractivity contribution < 1.29 is 0 Å². The number of aromatic nitrogens is 1. The number of hydrogen-bond donors (Lipinski definition) is 0. The van der Waals surface area contributed by atoms with Gasteiger partial charge >= 0.3 is 0 Å². The Balaban J connectivity index is 0.968. The average Bonchev–Trinajstić information content (AvgIpc) is 4.06. The number of hydrogen-bond acceptors (Lipinski definition) is 1. The van der Waals surface area contributed by atoms with Crippen molar-refractivity contribution in [3.05, 3.63) is 253 Å². The van der Waals surface area contributed by atoms with Crippen LogP contribution in [-0.2, 0) is 5.41 Å². The summed E-state index contributed by atoms with van der Waals surface area (Å²) in [5, 5.41) is 5.18. The van der Waals surface area contributed by atoms with Crippen LogP contribution in [0.3, 0.4) is 0 Å². The molecule has 2 aromatic heterocycles. The van der Waals surface area contributed by atoms with E-state index < -0.39 is 5.41 Å². The Kier molecular flexibility index (Phi) is 7.07. The predicted molar refractivity (Wildman–Crippen MR) is 263 cm³/mol. The summed E-state index contributed by atoms with van der Waals surface area (Å²) in [6.07, 6.45) is 0. The van der Waals surface area contributed by atoms with Crippen LogP contribution < -0.4 is 4.90 Å². The molecule has 0 radical (unpaired) electrons. The quantitative estimate of drug-likeness (QED) is 0.168. The molecular formula is C61H38N2. The first-order valence-corrected chi connectivity index (χ1v) is 21.9. The van der Waals surface area contributed by atoms with Crippen molar-refractivity contribution in [3.8, 4) is 44.5 Å². The molecule has 0 fully saturated rings. The Morgan fingerprint density at radius 2 is 0.778 bits per heavy atom. The van der Waals surface area contributed by atoms with Gasteiger partial charge in [-0.2, -0.15) is 0 Å². The third-order valence-electron chi connectivity index (χ3n) is 14.1. The SMILES string of the molecule is c1ccc(-c2ccc(N(c3cccc(-c4ccc5c(c4)c4cccc6c7ccccc7n5c64)c3)c3ccc4c(c3)C3(c5ccccc5-c5ccccc53)c3ccccc3-4)cc2)cc1. The second-order valence-electron chi connectivity index (χ2n) is 17.2. The zero-order valence-electron chi connectivity index (χ0n) is 34.3. The highest BCUT2D eigenvalue weighted by atomic mass is 15.1. The minimum absolute atomic E-state index is 0.433. The number of rotatable bonds is 5. The van der Waals surface area contributed by atoms with Gasteiger partial charge in [0.2, 0.25) is 0 Å². The molecule has 0 bridgehead atoms. The van der Waals surface area contributed by atoms with Gasteiger partial charge < -0.3 is 9.30 Å². The molecule has 2 heteroatoms. The van der Waals surface area contributed by atoms with Crippen LogP contribution in [0.15, 0.2) is 231 Å². The Hall–Kier alpha value is -8.20. The first kappa shape index (κ1) is 34.5. The molecule has 2 heterocycles. The van der Waals surface area contributed by atoms with E-state index in [-0.39, 0.29) is 0 Å². The standard InChI is InChI=1S/C61H38N2/c1-2-14-39(15-3-1)40-28-31-43(32-29-40)62(44-17-12-16-41(36-44)42-30-35-59-53(37-42)52-23-13-22-51-50-21-7-11-27-58(50)63(59)60(51)52)45-33-34-49-48-20-6-10-26-56(48)61(57(49)38-45)54-24-8-4-18-46(54)47-19-5-9-25-55(47)61/h1-38H. The van der Waals surface area contributed by atoms with Crippen LogP contribution in [-0.4, -0.2) is 4.40 Å². The molecule has 2 aliphatic rings. The van der Waals surface area contributed by atoms with E-state index in [1.54, 1.807) is 0 Å². The second-order valence-corrected chi connectivity index (χ2v) is 17.2. The van der Waals surface area contributed by atoms with Crippen molar-refractivity contribution in [2.75, 3.05) is 4.90 Å².